The van der Waals surface area contributed by atoms with E-state index in [9.17, 15) is 4.79 Å². The SMILES string of the molecule is O=C(CCCl)OC1CSCCCO1. The molecule has 0 amide bonds. The van der Waals surface area contributed by atoms with Crippen LogP contribution in [0.3, 0.4) is 0 Å². The van der Waals surface area contributed by atoms with E-state index in [2.05, 4.69) is 0 Å². The molecule has 1 atom stereocenters. The van der Waals surface area contributed by atoms with Gasteiger partial charge in [0, 0.05) is 5.88 Å². The smallest absolute Gasteiger partial charge is 0.309 e. The highest BCUT2D eigenvalue weighted by molar-refractivity contribution is 7.99. The van der Waals surface area contributed by atoms with E-state index < -0.39 is 0 Å². The van der Waals surface area contributed by atoms with Gasteiger partial charge in [0.1, 0.15) is 0 Å². The van der Waals surface area contributed by atoms with Gasteiger partial charge in [-0.25, -0.2) is 0 Å². The molecule has 1 rings (SSSR count). The molecule has 1 aliphatic heterocycles. The maximum absolute atomic E-state index is 11.0. The summed E-state index contributed by atoms with van der Waals surface area (Å²) in [5.74, 6) is 1.83. The first kappa shape index (κ1) is 11.1. The second-order valence-electron chi connectivity index (χ2n) is 2.66. The van der Waals surface area contributed by atoms with E-state index in [-0.39, 0.29) is 18.7 Å². The summed E-state index contributed by atoms with van der Waals surface area (Å²) in [4.78, 5) is 11.0. The number of carbonyl (C=O) groups is 1. The Morgan fingerprint density at radius 3 is 3.31 bits per heavy atom. The first-order chi connectivity index (χ1) is 6.33. The van der Waals surface area contributed by atoms with Gasteiger partial charge in [-0.2, -0.15) is 11.8 Å². The van der Waals surface area contributed by atoms with E-state index in [1.807, 2.05) is 0 Å². The minimum Gasteiger partial charge on any atom is -0.435 e. The Labute approximate surface area is 87.1 Å². The number of hydrogen-bond acceptors (Lipinski definition) is 4. The highest BCUT2D eigenvalue weighted by Gasteiger charge is 2.16. The molecule has 1 fully saturated rings. The van der Waals surface area contributed by atoms with Crippen molar-refractivity contribution in [1.82, 2.24) is 0 Å². The van der Waals surface area contributed by atoms with Crippen LogP contribution >= 0.6 is 23.4 Å². The van der Waals surface area contributed by atoms with Crippen molar-refractivity contribution in [3.63, 3.8) is 0 Å². The lowest BCUT2D eigenvalue weighted by Gasteiger charge is -2.14. The molecule has 0 bridgehead atoms. The van der Waals surface area contributed by atoms with Crippen molar-refractivity contribution in [2.75, 3.05) is 24.0 Å². The monoisotopic (exact) mass is 224 g/mol. The molecule has 0 N–H and O–H groups in total. The zero-order chi connectivity index (χ0) is 9.52. The van der Waals surface area contributed by atoms with Crippen molar-refractivity contribution in [2.24, 2.45) is 0 Å². The summed E-state index contributed by atoms with van der Waals surface area (Å²) < 4.78 is 10.4. The molecule has 0 radical (unpaired) electrons. The Balaban J connectivity index is 2.21. The lowest BCUT2D eigenvalue weighted by molar-refractivity contribution is -0.172. The second kappa shape index (κ2) is 6.51. The zero-order valence-electron chi connectivity index (χ0n) is 7.33. The first-order valence-corrected chi connectivity index (χ1v) is 5.96. The Hall–Kier alpha value is 0.0700. The van der Waals surface area contributed by atoms with Gasteiger partial charge >= 0.3 is 5.97 Å². The van der Waals surface area contributed by atoms with E-state index in [1.165, 1.54) is 0 Å². The fraction of sp³-hybridized carbons (Fsp3) is 0.875. The third-order valence-electron chi connectivity index (χ3n) is 1.55. The van der Waals surface area contributed by atoms with Crippen LogP contribution in [0.15, 0.2) is 0 Å². The predicted molar refractivity (Wildman–Crippen MR) is 53.1 cm³/mol. The van der Waals surface area contributed by atoms with E-state index in [4.69, 9.17) is 21.1 Å². The van der Waals surface area contributed by atoms with Gasteiger partial charge in [-0.1, -0.05) is 0 Å². The average Bonchev–Trinajstić information content (AvgIpc) is 2.33. The summed E-state index contributed by atoms with van der Waals surface area (Å²) in [7, 11) is 0. The van der Waals surface area contributed by atoms with Gasteiger partial charge in [0.25, 0.3) is 0 Å². The number of halogens is 1. The molecular formula is C8H13ClO3S. The van der Waals surface area contributed by atoms with Crippen molar-refractivity contribution < 1.29 is 14.3 Å². The maximum atomic E-state index is 11.0. The average molecular weight is 225 g/mol. The number of rotatable bonds is 3. The van der Waals surface area contributed by atoms with Gasteiger partial charge in [-0.15, -0.1) is 11.6 Å². The third-order valence-corrected chi connectivity index (χ3v) is 2.83. The summed E-state index contributed by atoms with van der Waals surface area (Å²) in [6.07, 6.45) is 0.906. The van der Waals surface area contributed by atoms with Gasteiger partial charge in [0.2, 0.25) is 6.29 Å². The molecule has 0 aromatic rings. The van der Waals surface area contributed by atoms with Crippen LogP contribution < -0.4 is 0 Å². The Morgan fingerprint density at radius 1 is 1.69 bits per heavy atom. The molecule has 0 aromatic carbocycles. The fourth-order valence-corrected chi connectivity index (χ4v) is 1.95. The molecule has 5 heteroatoms. The largest absolute Gasteiger partial charge is 0.435 e. The lowest BCUT2D eigenvalue weighted by atomic mass is 10.5. The summed E-state index contributed by atoms with van der Waals surface area (Å²) in [6, 6.07) is 0. The van der Waals surface area contributed by atoms with Crippen LogP contribution in [-0.2, 0) is 14.3 Å². The Bertz CT molecular complexity index is 157. The van der Waals surface area contributed by atoms with Crippen molar-refractivity contribution in [1.29, 1.82) is 0 Å². The molecule has 0 saturated carbocycles. The van der Waals surface area contributed by atoms with Crippen LogP contribution in [0.4, 0.5) is 0 Å². The molecule has 1 heterocycles. The number of carbonyl (C=O) groups excluding carboxylic acids is 1. The Kier molecular flexibility index (Phi) is 5.58. The fourth-order valence-electron chi connectivity index (χ4n) is 0.954. The molecule has 3 nitrogen and oxygen atoms in total. The minimum atomic E-state index is -0.372. The molecule has 1 saturated heterocycles. The topological polar surface area (TPSA) is 35.5 Å². The van der Waals surface area contributed by atoms with Crippen LogP contribution in [0.25, 0.3) is 0 Å². The maximum Gasteiger partial charge on any atom is 0.309 e. The number of esters is 1. The van der Waals surface area contributed by atoms with Gasteiger partial charge in [0.15, 0.2) is 0 Å². The molecule has 0 aliphatic carbocycles. The molecule has 76 valence electrons. The van der Waals surface area contributed by atoms with Gasteiger partial charge in [0.05, 0.1) is 18.8 Å². The molecule has 1 aliphatic rings. The van der Waals surface area contributed by atoms with Gasteiger partial charge in [-0.05, 0) is 12.2 Å². The van der Waals surface area contributed by atoms with Crippen LogP contribution in [0.2, 0.25) is 0 Å². The number of hydrogen-bond donors (Lipinski definition) is 0. The molecule has 0 spiro atoms. The highest BCUT2D eigenvalue weighted by Crippen LogP contribution is 2.14. The third kappa shape index (κ3) is 4.74. The second-order valence-corrected chi connectivity index (χ2v) is 4.19. The van der Waals surface area contributed by atoms with E-state index in [1.54, 1.807) is 11.8 Å². The van der Waals surface area contributed by atoms with Crippen molar-refractivity contribution in [2.45, 2.75) is 19.1 Å². The Morgan fingerprint density at radius 2 is 2.54 bits per heavy atom. The zero-order valence-corrected chi connectivity index (χ0v) is 8.90. The number of thioether (sulfide) groups is 1. The van der Waals surface area contributed by atoms with E-state index in [0.717, 1.165) is 17.9 Å². The molecule has 0 aromatic heterocycles. The highest BCUT2D eigenvalue weighted by atomic mass is 35.5. The lowest BCUT2D eigenvalue weighted by Crippen LogP contribution is -2.23. The summed E-state index contributed by atoms with van der Waals surface area (Å²) in [5.41, 5.74) is 0. The van der Waals surface area contributed by atoms with Gasteiger partial charge < -0.3 is 9.47 Å². The van der Waals surface area contributed by atoms with E-state index in [0.29, 0.717) is 12.5 Å². The van der Waals surface area contributed by atoms with Crippen LogP contribution in [0, 0.1) is 0 Å². The number of ether oxygens (including phenoxy) is 2. The van der Waals surface area contributed by atoms with E-state index >= 15 is 0 Å². The summed E-state index contributed by atoms with van der Waals surface area (Å²) in [6.45, 7) is 0.672. The van der Waals surface area contributed by atoms with Crippen molar-refractivity contribution in [3.8, 4) is 0 Å². The van der Waals surface area contributed by atoms with Crippen molar-refractivity contribution in [3.05, 3.63) is 0 Å². The molecule has 1 unspecified atom stereocenters. The van der Waals surface area contributed by atoms with Gasteiger partial charge in [-0.3, -0.25) is 4.79 Å². The first-order valence-electron chi connectivity index (χ1n) is 4.27. The van der Waals surface area contributed by atoms with Crippen LogP contribution in [-0.4, -0.2) is 36.3 Å². The minimum absolute atomic E-state index is 0.256. The summed E-state index contributed by atoms with van der Waals surface area (Å²) >= 11 is 7.15. The standard InChI is InChI=1S/C8H13ClO3S/c9-3-2-7(10)12-8-6-13-5-1-4-11-8/h8H,1-6H2. The number of alkyl halides is 1. The molecular weight excluding hydrogens is 212 g/mol. The normalized spacial score (nSPS) is 23.6. The van der Waals surface area contributed by atoms with Crippen LogP contribution in [0.5, 0.6) is 0 Å². The predicted octanol–water partition coefficient (Wildman–Crippen LogP) is 1.64. The van der Waals surface area contributed by atoms with Crippen molar-refractivity contribution >= 4 is 29.3 Å². The summed E-state index contributed by atoms with van der Waals surface area (Å²) in [5, 5.41) is 0. The van der Waals surface area contributed by atoms with Crippen LogP contribution in [0.1, 0.15) is 12.8 Å². The quantitative estimate of drug-likeness (QED) is 0.539. The molecule has 13 heavy (non-hydrogen) atoms.